The smallest absolute Gasteiger partial charge is 0.226 e. The maximum absolute atomic E-state index is 11.8. The van der Waals surface area contributed by atoms with Crippen molar-refractivity contribution in [1.29, 1.82) is 0 Å². The van der Waals surface area contributed by atoms with Gasteiger partial charge in [0.05, 0.1) is 19.3 Å². The van der Waals surface area contributed by atoms with Gasteiger partial charge in [0.1, 0.15) is 18.4 Å². The van der Waals surface area contributed by atoms with Gasteiger partial charge in [-0.2, -0.15) is 5.10 Å². The number of carbonyl (C=O) groups is 1. The number of hydrogen-bond donors (Lipinski definition) is 1. The summed E-state index contributed by atoms with van der Waals surface area (Å²) in [6, 6.07) is 5.05. The highest BCUT2D eigenvalue weighted by Gasteiger charge is 2.08. The molecule has 6 nitrogen and oxygen atoms in total. The number of amides is 1. The van der Waals surface area contributed by atoms with Crippen LogP contribution < -0.4 is 10.1 Å². The quantitative estimate of drug-likeness (QED) is 0.909. The lowest BCUT2D eigenvalue weighted by molar-refractivity contribution is -0.116. The molecule has 1 amide bonds. The SMILES string of the molecule is COc1ccc(Cl)cc1NC(=O)CCn1cncn1. The largest absolute Gasteiger partial charge is 0.495 e. The fourth-order valence-electron chi connectivity index (χ4n) is 1.55. The van der Waals surface area contributed by atoms with Crippen molar-refractivity contribution in [2.75, 3.05) is 12.4 Å². The number of nitrogens with zero attached hydrogens (tertiary/aromatic N) is 3. The van der Waals surface area contributed by atoms with Crippen molar-refractivity contribution in [2.45, 2.75) is 13.0 Å². The predicted molar refractivity (Wildman–Crippen MR) is 71.3 cm³/mol. The number of methoxy groups -OCH3 is 1. The van der Waals surface area contributed by atoms with Gasteiger partial charge in [0, 0.05) is 11.4 Å². The Kier molecular flexibility index (Phi) is 4.35. The van der Waals surface area contributed by atoms with E-state index in [9.17, 15) is 4.79 Å². The van der Waals surface area contributed by atoms with Crippen molar-refractivity contribution in [3.05, 3.63) is 35.9 Å². The van der Waals surface area contributed by atoms with Crippen LogP contribution in [0, 0.1) is 0 Å². The van der Waals surface area contributed by atoms with E-state index in [1.807, 2.05) is 0 Å². The average Bonchev–Trinajstić information content (AvgIpc) is 2.90. The number of hydrogen-bond acceptors (Lipinski definition) is 4. The molecule has 1 N–H and O–H groups in total. The predicted octanol–water partition coefficient (Wildman–Crippen LogP) is 1.97. The summed E-state index contributed by atoms with van der Waals surface area (Å²) in [5.41, 5.74) is 0.554. The van der Waals surface area contributed by atoms with Crippen molar-refractivity contribution in [1.82, 2.24) is 14.8 Å². The van der Waals surface area contributed by atoms with Gasteiger partial charge < -0.3 is 10.1 Å². The van der Waals surface area contributed by atoms with Gasteiger partial charge in [-0.15, -0.1) is 0 Å². The molecule has 0 fully saturated rings. The van der Waals surface area contributed by atoms with Gasteiger partial charge in [-0.1, -0.05) is 11.6 Å². The lowest BCUT2D eigenvalue weighted by Gasteiger charge is -2.10. The maximum atomic E-state index is 11.8. The Bertz CT molecular complexity index is 557. The lowest BCUT2D eigenvalue weighted by Crippen LogP contribution is -2.15. The molecule has 0 spiro atoms. The van der Waals surface area contributed by atoms with Crippen molar-refractivity contribution in [3.63, 3.8) is 0 Å². The van der Waals surface area contributed by atoms with Crippen molar-refractivity contribution in [2.24, 2.45) is 0 Å². The highest BCUT2D eigenvalue weighted by molar-refractivity contribution is 6.31. The molecule has 0 aliphatic carbocycles. The molecule has 1 aromatic carbocycles. The second-order valence-electron chi connectivity index (χ2n) is 3.80. The van der Waals surface area contributed by atoms with Gasteiger partial charge in [0.25, 0.3) is 0 Å². The number of aromatic nitrogens is 3. The molecule has 0 saturated heterocycles. The first-order valence-electron chi connectivity index (χ1n) is 5.65. The number of aryl methyl sites for hydroxylation is 1. The Balaban J connectivity index is 1.96. The van der Waals surface area contributed by atoms with Gasteiger partial charge in [-0.05, 0) is 18.2 Å². The number of nitrogens with one attached hydrogen (secondary N) is 1. The summed E-state index contributed by atoms with van der Waals surface area (Å²) in [5.74, 6) is 0.426. The molecule has 0 bridgehead atoms. The lowest BCUT2D eigenvalue weighted by atomic mass is 10.2. The van der Waals surface area contributed by atoms with E-state index in [-0.39, 0.29) is 5.91 Å². The molecule has 2 rings (SSSR count). The number of carbonyl (C=O) groups excluding carboxylic acids is 1. The zero-order valence-electron chi connectivity index (χ0n) is 10.3. The molecule has 0 aliphatic heterocycles. The van der Waals surface area contributed by atoms with Crippen molar-refractivity contribution in [3.8, 4) is 5.75 Å². The third kappa shape index (κ3) is 3.69. The zero-order valence-corrected chi connectivity index (χ0v) is 11.1. The fraction of sp³-hybridized carbons (Fsp3) is 0.250. The monoisotopic (exact) mass is 280 g/mol. The van der Waals surface area contributed by atoms with E-state index in [4.69, 9.17) is 16.3 Å². The van der Waals surface area contributed by atoms with Crippen LogP contribution in [0.4, 0.5) is 5.69 Å². The fourth-order valence-corrected chi connectivity index (χ4v) is 1.73. The molecule has 0 atom stereocenters. The first-order valence-corrected chi connectivity index (χ1v) is 6.02. The highest BCUT2D eigenvalue weighted by Crippen LogP contribution is 2.27. The Labute approximate surface area is 115 Å². The van der Waals surface area contributed by atoms with E-state index in [0.717, 1.165) is 0 Å². The van der Waals surface area contributed by atoms with E-state index in [1.54, 1.807) is 29.2 Å². The Morgan fingerprint density at radius 3 is 3.05 bits per heavy atom. The molecule has 1 aromatic heterocycles. The number of rotatable bonds is 5. The normalized spacial score (nSPS) is 10.2. The summed E-state index contributed by atoms with van der Waals surface area (Å²) in [6.45, 7) is 0.467. The second kappa shape index (κ2) is 6.19. The molecule has 0 aliphatic rings. The third-order valence-electron chi connectivity index (χ3n) is 2.47. The van der Waals surface area contributed by atoms with E-state index in [2.05, 4.69) is 15.4 Å². The molecule has 1 heterocycles. The van der Waals surface area contributed by atoms with Crippen molar-refractivity contribution >= 4 is 23.2 Å². The van der Waals surface area contributed by atoms with Gasteiger partial charge >= 0.3 is 0 Å². The van der Waals surface area contributed by atoms with Crippen LogP contribution in [0.1, 0.15) is 6.42 Å². The third-order valence-corrected chi connectivity index (χ3v) is 2.71. The molecular weight excluding hydrogens is 268 g/mol. The number of benzene rings is 1. The highest BCUT2D eigenvalue weighted by atomic mass is 35.5. The molecule has 0 saturated carbocycles. The van der Waals surface area contributed by atoms with Crippen LogP contribution in [-0.2, 0) is 11.3 Å². The van der Waals surface area contributed by atoms with E-state index >= 15 is 0 Å². The minimum Gasteiger partial charge on any atom is -0.495 e. The summed E-state index contributed by atoms with van der Waals surface area (Å²) in [4.78, 5) is 15.6. The topological polar surface area (TPSA) is 69.0 Å². The van der Waals surface area contributed by atoms with E-state index in [0.29, 0.717) is 29.4 Å². The Morgan fingerprint density at radius 2 is 2.37 bits per heavy atom. The summed E-state index contributed by atoms with van der Waals surface area (Å²) < 4.78 is 6.74. The summed E-state index contributed by atoms with van der Waals surface area (Å²) in [7, 11) is 1.54. The average molecular weight is 281 g/mol. The first kappa shape index (κ1) is 13.4. The van der Waals surface area contributed by atoms with Crippen LogP contribution in [-0.4, -0.2) is 27.8 Å². The summed E-state index contributed by atoms with van der Waals surface area (Å²) >= 11 is 5.89. The number of anilines is 1. The van der Waals surface area contributed by atoms with Crippen LogP contribution in [0.3, 0.4) is 0 Å². The number of ether oxygens (including phenoxy) is 1. The molecule has 19 heavy (non-hydrogen) atoms. The van der Waals surface area contributed by atoms with E-state index < -0.39 is 0 Å². The molecule has 7 heteroatoms. The number of halogens is 1. The first-order chi connectivity index (χ1) is 9.19. The molecule has 100 valence electrons. The molecular formula is C12H13ClN4O2. The maximum Gasteiger partial charge on any atom is 0.226 e. The minimum atomic E-state index is -0.143. The van der Waals surface area contributed by atoms with Crippen LogP contribution >= 0.6 is 11.6 Å². The van der Waals surface area contributed by atoms with Gasteiger partial charge in [-0.25, -0.2) is 4.98 Å². The molecule has 0 radical (unpaired) electrons. The van der Waals surface area contributed by atoms with E-state index in [1.165, 1.54) is 13.4 Å². The zero-order chi connectivity index (χ0) is 13.7. The second-order valence-corrected chi connectivity index (χ2v) is 4.24. The van der Waals surface area contributed by atoms with Gasteiger partial charge in [0.2, 0.25) is 5.91 Å². The van der Waals surface area contributed by atoms with Crippen LogP contribution in [0.5, 0.6) is 5.75 Å². The Hall–Kier alpha value is -2.08. The van der Waals surface area contributed by atoms with Crippen LogP contribution in [0.2, 0.25) is 5.02 Å². The van der Waals surface area contributed by atoms with Gasteiger partial charge in [0.15, 0.2) is 0 Å². The molecule has 0 unspecified atom stereocenters. The van der Waals surface area contributed by atoms with Crippen LogP contribution in [0.25, 0.3) is 0 Å². The van der Waals surface area contributed by atoms with Crippen LogP contribution in [0.15, 0.2) is 30.9 Å². The summed E-state index contributed by atoms with van der Waals surface area (Å²) in [6.07, 6.45) is 3.28. The van der Waals surface area contributed by atoms with Gasteiger partial charge in [-0.3, -0.25) is 9.48 Å². The molecule has 2 aromatic rings. The summed E-state index contributed by atoms with van der Waals surface area (Å²) in [5, 5.41) is 7.21. The Morgan fingerprint density at radius 1 is 1.53 bits per heavy atom. The van der Waals surface area contributed by atoms with Crippen molar-refractivity contribution < 1.29 is 9.53 Å². The standard InChI is InChI=1S/C12H13ClN4O2/c1-19-11-3-2-9(13)6-10(11)16-12(18)4-5-17-8-14-7-15-17/h2-3,6-8H,4-5H2,1H3,(H,16,18). The minimum absolute atomic E-state index is 0.143.